The lowest BCUT2D eigenvalue weighted by atomic mass is 9.98. The van der Waals surface area contributed by atoms with Crippen molar-refractivity contribution in [1.29, 1.82) is 0 Å². The molecule has 0 aliphatic rings. The largest absolute Gasteiger partial charge is 0.481 e. The molecule has 3 N–H and O–H groups in total. The van der Waals surface area contributed by atoms with E-state index in [2.05, 4.69) is 25.1 Å². The van der Waals surface area contributed by atoms with Gasteiger partial charge in [0.15, 0.2) is 0 Å². The monoisotopic (exact) mass is 269 g/mol. The van der Waals surface area contributed by atoms with Crippen molar-refractivity contribution in [3.63, 3.8) is 0 Å². The highest BCUT2D eigenvalue weighted by Crippen LogP contribution is 2.18. The highest BCUT2D eigenvalue weighted by molar-refractivity contribution is 5.67. The van der Waals surface area contributed by atoms with E-state index in [0.717, 1.165) is 17.5 Å². The molecule has 0 aliphatic heterocycles. The van der Waals surface area contributed by atoms with E-state index < -0.39 is 12.0 Å². The van der Waals surface area contributed by atoms with Gasteiger partial charge in [-0.3, -0.25) is 4.79 Å². The Balaban J connectivity index is 2.15. The first-order valence-electron chi connectivity index (χ1n) is 6.66. The summed E-state index contributed by atoms with van der Waals surface area (Å²) in [5.41, 5.74) is 10.4. The zero-order chi connectivity index (χ0) is 14.5. The minimum Gasteiger partial charge on any atom is -0.481 e. The Morgan fingerprint density at radius 1 is 1.15 bits per heavy atom. The smallest absolute Gasteiger partial charge is 0.305 e. The quantitative estimate of drug-likeness (QED) is 0.876. The van der Waals surface area contributed by atoms with Crippen LogP contribution in [0.4, 0.5) is 0 Å². The van der Waals surface area contributed by atoms with E-state index in [4.69, 9.17) is 10.8 Å². The summed E-state index contributed by atoms with van der Waals surface area (Å²) in [7, 11) is 0. The van der Waals surface area contributed by atoms with Gasteiger partial charge in [-0.2, -0.15) is 0 Å². The van der Waals surface area contributed by atoms with E-state index in [1.807, 2.05) is 30.3 Å². The molecule has 0 amide bonds. The summed E-state index contributed by atoms with van der Waals surface area (Å²) in [4.78, 5) is 10.7. The molecule has 3 heteroatoms. The van der Waals surface area contributed by atoms with Gasteiger partial charge in [-0.25, -0.2) is 0 Å². The number of benzene rings is 2. The Labute approximate surface area is 119 Å². The zero-order valence-corrected chi connectivity index (χ0v) is 11.5. The van der Waals surface area contributed by atoms with Crippen molar-refractivity contribution < 1.29 is 9.90 Å². The SMILES string of the molecule is Cc1cccc(Cc2cccc([C@@H](N)CC(=O)O)c2)c1. The van der Waals surface area contributed by atoms with Crippen molar-refractivity contribution >= 4 is 5.97 Å². The van der Waals surface area contributed by atoms with Crippen LogP contribution in [0.2, 0.25) is 0 Å². The van der Waals surface area contributed by atoms with Gasteiger partial charge in [0.25, 0.3) is 0 Å². The Hall–Kier alpha value is -2.13. The highest BCUT2D eigenvalue weighted by Gasteiger charge is 2.10. The summed E-state index contributed by atoms with van der Waals surface area (Å²) < 4.78 is 0. The number of carboxylic acid groups (broad SMARTS) is 1. The van der Waals surface area contributed by atoms with Gasteiger partial charge in [-0.1, -0.05) is 54.1 Å². The molecule has 104 valence electrons. The van der Waals surface area contributed by atoms with Gasteiger partial charge in [0.05, 0.1) is 6.42 Å². The van der Waals surface area contributed by atoms with Crippen LogP contribution in [0.3, 0.4) is 0 Å². The molecule has 3 nitrogen and oxygen atoms in total. The summed E-state index contributed by atoms with van der Waals surface area (Å²) in [5.74, 6) is -0.874. The molecule has 0 fully saturated rings. The first-order chi connectivity index (χ1) is 9.54. The third-order valence-corrected chi connectivity index (χ3v) is 3.26. The van der Waals surface area contributed by atoms with E-state index in [1.54, 1.807) is 0 Å². The molecule has 2 aromatic carbocycles. The van der Waals surface area contributed by atoms with Gasteiger partial charge in [0.1, 0.15) is 0 Å². The Bertz CT molecular complexity index is 607. The number of carboxylic acids is 1. The van der Waals surface area contributed by atoms with Gasteiger partial charge in [-0.15, -0.1) is 0 Å². The maximum atomic E-state index is 10.7. The molecule has 20 heavy (non-hydrogen) atoms. The number of aliphatic carboxylic acids is 1. The molecule has 0 aliphatic carbocycles. The number of nitrogens with two attached hydrogens (primary N) is 1. The second-order valence-electron chi connectivity index (χ2n) is 5.12. The maximum Gasteiger partial charge on any atom is 0.305 e. The molecular weight excluding hydrogens is 250 g/mol. The van der Waals surface area contributed by atoms with E-state index >= 15 is 0 Å². The average Bonchev–Trinajstić information content (AvgIpc) is 2.38. The summed E-state index contributed by atoms with van der Waals surface area (Å²) in [6.45, 7) is 2.07. The summed E-state index contributed by atoms with van der Waals surface area (Å²) >= 11 is 0. The number of aryl methyl sites for hydroxylation is 1. The van der Waals surface area contributed by atoms with Crippen molar-refractivity contribution in [3.8, 4) is 0 Å². The number of hydrogen-bond acceptors (Lipinski definition) is 2. The predicted molar refractivity (Wildman–Crippen MR) is 79.6 cm³/mol. The number of carbonyl (C=O) groups is 1. The van der Waals surface area contributed by atoms with E-state index in [9.17, 15) is 4.79 Å². The standard InChI is InChI=1S/C17H19NO2/c1-12-4-2-5-13(8-12)9-14-6-3-7-15(10-14)16(18)11-17(19)20/h2-8,10,16H,9,11,18H2,1H3,(H,19,20)/t16-/m0/s1. The molecule has 2 rings (SSSR count). The fraction of sp³-hybridized carbons (Fsp3) is 0.235. The summed E-state index contributed by atoms with van der Waals surface area (Å²) in [6.07, 6.45) is 0.781. The Morgan fingerprint density at radius 3 is 2.45 bits per heavy atom. The molecule has 0 aromatic heterocycles. The van der Waals surface area contributed by atoms with Crippen molar-refractivity contribution in [3.05, 3.63) is 70.8 Å². The lowest BCUT2D eigenvalue weighted by Gasteiger charge is -2.11. The van der Waals surface area contributed by atoms with Crippen LogP contribution in [0.5, 0.6) is 0 Å². The minimum atomic E-state index is -0.874. The molecule has 2 aromatic rings. The minimum absolute atomic E-state index is 0.0477. The van der Waals surface area contributed by atoms with Gasteiger partial charge in [0.2, 0.25) is 0 Å². The van der Waals surface area contributed by atoms with Crippen LogP contribution in [0, 0.1) is 6.92 Å². The first kappa shape index (κ1) is 14.3. The predicted octanol–water partition coefficient (Wildman–Crippen LogP) is 3.06. The summed E-state index contributed by atoms with van der Waals surface area (Å²) in [5, 5.41) is 8.80. The third kappa shape index (κ3) is 3.93. The molecule has 0 heterocycles. The van der Waals surface area contributed by atoms with Gasteiger partial charge < -0.3 is 10.8 Å². The van der Waals surface area contributed by atoms with Crippen LogP contribution in [-0.2, 0) is 11.2 Å². The van der Waals surface area contributed by atoms with Crippen LogP contribution < -0.4 is 5.73 Å². The number of rotatable bonds is 5. The van der Waals surface area contributed by atoms with Crippen molar-refractivity contribution in [2.45, 2.75) is 25.8 Å². The third-order valence-electron chi connectivity index (χ3n) is 3.26. The molecule has 0 radical (unpaired) electrons. The second-order valence-corrected chi connectivity index (χ2v) is 5.12. The van der Waals surface area contributed by atoms with Crippen LogP contribution in [0.15, 0.2) is 48.5 Å². The van der Waals surface area contributed by atoms with Crippen LogP contribution >= 0.6 is 0 Å². The average molecular weight is 269 g/mol. The first-order valence-corrected chi connectivity index (χ1v) is 6.66. The molecule has 1 atom stereocenters. The topological polar surface area (TPSA) is 63.3 Å². The van der Waals surface area contributed by atoms with Gasteiger partial charge in [-0.05, 0) is 30.0 Å². The van der Waals surface area contributed by atoms with Gasteiger partial charge in [0, 0.05) is 6.04 Å². The lowest BCUT2D eigenvalue weighted by Crippen LogP contribution is -2.15. The van der Waals surface area contributed by atoms with Crippen molar-refractivity contribution in [2.24, 2.45) is 5.73 Å². The molecule has 0 unspecified atom stereocenters. The molecule has 0 spiro atoms. The molecule has 0 bridgehead atoms. The van der Waals surface area contributed by atoms with E-state index in [-0.39, 0.29) is 6.42 Å². The van der Waals surface area contributed by atoms with Crippen molar-refractivity contribution in [1.82, 2.24) is 0 Å². The van der Waals surface area contributed by atoms with Crippen LogP contribution in [-0.4, -0.2) is 11.1 Å². The molecular formula is C17H19NO2. The number of hydrogen-bond donors (Lipinski definition) is 2. The molecule has 0 saturated carbocycles. The van der Waals surface area contributed by atoms with E-state index in [0.29, 0.717) is 0 Å². The summed E-state index contributed by atoms with van der Waals surface area (Å²) in [6, 6.07) is 15.8. The second kappa shape index (κ2) is 6.35. The lowest BCUT2D eigenvalue weighted by molar-refractivity contribution is -0.137. The Kier molecular flexibility index (Phi) is 4.53. The maximum absolute atomic E-state index is 10.7. The van der Waals surface area contributed by atoms with Gasteiger partial charge >= 0.3 is 5.97 Å². The fourth-order valence-corrected chi connectivity index (χ4v) is 2.30. The van der Waals surface area contributed by atoms with Crippen LogP contribution in [0.25, 0.3) is 0 Å². The van der Waals surface area contributed by atoms with Crippen molar-refractivity contribution in [2.75, 3.05) is 0 Å². The normalized spacial score (nSPS) is 12.1. The fourth-order valence-electron chi connectivity index (χ4n) is 2.30. The van der Waals surface area contributed by atoms with Crippen LogP contribution in [0.1, 0.15) is 34.7 Å². The zero-order valence-electron chi connectivity index (χ0n) is 11.5. The van der Waals surface area contributed by atoms with E-state index in [1.165, 1.54) is 11.1 Å². The Morgan fingerprint density at radius 2 is 1.80 bits per heavy atom. The molecule has 0 saturated heterocycles. The highest BCUT2D eigenvalue weighted by atomic mass is 16.4.